The Balaban J connectivity index is 3.49. The van der Waals surface area contributed by atoms with E-state index in [0.717, 1.165) is 13.1 Å². The second-order valence-electron chi connectivity index (χ2n) is 2.52. The van der Waals surface area contributed by atoms with E-state index in [1.54, 1.807) is 0 Å². The third-order valence-corrected chi connectivity index (χ3v) is 1.77. The van der Waals surface area contributed by atoms with E-state index in [-0.39, 0.29) is 0 Å². The van der Waals surface area contributed by atoms with Crippen LogP contribution in [0.2, 0.25) is 0 Å². The van der Waals surface area contributed by atoms with Crippen LogP contribution in [0.15, 0.2) is 0 Å². The van der Waals surface area contributed by atoms with Gasteiger partial charge in [0.15, 0.2) is 0 Å². The number of nitrogens with zero attached hydrogens (tertiary/aromatic N) is 2. The van der Waals surface area contributed by atoms with Gasteiger partial charge in [0.1, 0.15) is 0 Å². The van der Waals surface area contributed by atoms with Crippen molar-refractivity contribution in [1.82, 2.24) is 9.80 Å². The highest BCUT2D eigenvalue weighted by Gasteiger charge is 2.02. The van der Waals surface area contributed by atoms with E-state index < -0.39 is 0 Å². The van der Waals surface area contributed by atoms with Crippen molar-refractivity contribution in [2.24, 2.45) is 0 Å². The fourth-order valence-corrected chi connectivity index (χ4v) is 0.797. The lowest BCUT2D eigenvalue weighted by molar-refractivity contribution is 0.252. The fraction of sp³-hybridized carbons (Fsp3) is 0.600. The van der Waals surface area contributed by atoms with Crippen molar-refractivity contribution in [2.45, 2.75) is 0 Å². The molecule has 0 bridgehead atoms. The lowest BCUT2D eigenvalue weighted by Crippen LogP contribution is -2.35. The van der Waals surface area contributed by atoms with E-state index >= 15 is 0 Å². The standard InChI is InChI=1S/C10H16N2/c1-5-11(6-2)9-10-12(7-3)8-4/h1-4H,5-10H2. The Kier molecular flexibility index (Phi) is 7.51. The molecular formula is C10H16N2. The third kappa shape index (κ3) is 4.73. The summed E-state index contributed by atoms with van der Waals surface area (Å²) in [5, 5.41) is 0. The molecule has 0 spiro atoms. The van der Waals surface area contributed by atoms with Crippen LogP contribution in [0.1, 0.15) is 0 Å². The lowest BCUT2D eigenvalue weighted by Gasteiger charge is -2.23. The normalized spacial score (nSPS) is 11.5. The molecule has 0 aliphatic carbocycles. The minimum Gasteiger partial charge on any atom is -0.301 e. The predicted molar refractivity (Wildman–Crippen MR) is 50.1 cm³/mol. The van der Waals surface area contributed by atoms with Gasteiger partial charge in [0.2, 0.25) is 0 Å². The van der Waals surface area contributed by atoms with E-state index in [2.05, 4.69) is 0 Å². The van der Waals surface area contributed by atoms with Crippen LogP contribution in [0.3, 0.4) is 0 Å². The molecule has 0 saturated heterocycles. The maximum Gasteiger partial charge on any atom is 0.0110 e. The Bertz CT molecular complexity index is 73.8. The Morgan fingerprint density at radius 1 is 0.583 bits per heavy atom. The SMILES string of the molecule is [CH]CN(C[CH])CCN(C[CH])C[CH]. The Morgan fingerprint density at radius 2 is 0.833 bits per heavy atom. The zero-order valence-electron chi connectivity index (χ0n) is 7.45. The van der Waals surface area contributed by atoms with Crippen LogP contribution < -0.4 is 0 Å². The maximum atomic E-state index is 5.42. The second kappa shape index (κ2) is 7.56. The van der Waals surface area contributed by atoms with Gasteiger partial charge in [-0.25, -0.2) is 0 Å². The quantitative estimate of drug-likeness (QED) is 0.538. The van der Waals surface area contributed by atoms with E-state index in [9.17, 15) is 0 Å². The Morgan fingerprint density at radius 3 is 1.00 bits per heavy atom. The number of hydrogen-bond donors (Lipinski definition) is 0. The van der Waals surface area contributed by atoms with Gasteiger partial charge in [0.25, 0.3) is 0 Å². The van der Waals surface area contributed by atoms with Crippen LogP contribution in [0.5, 0.6) is 0 Å². The molecule has 2 heteroatoms. The summed E-state index contributed by atoms with van der Waals surface area (Å²) < 4.78 is 0. The molecule has 0 aliphatic rings. The molecule has 0 aliphatic heterocycles. The highest BCUT2D eigenvalue weighted by molar-refractivity contribution is 4.66. The first-order valence-corrected chi connectivity index (χ1v) is 4.03. The van der Waals surface area contributed by atoms with Crippen molar-refractivity contribution in [3.8, 4) is 0 Å². The molecule has 12 heavy (non-hydrogen) atoms. The first-order valence-electron chi connectivity index (χ1n) is 4.03. The van der Waals surface area contributed by atoms with Crippen molar-refractivity contribution in [2.75, 3.05) is 39.3 Å². The van der Waals surface area contributed by atoms with E-state index in [0.29, 0.717) is 26.2 Å². The van der Waals surface area contributed by atoms with Crippen molar-refractivity contribution in [3.05, 3.63) is 27.7 Å². The highest BCUT2D eigenvalue weighted by atomic mass is 15.2. The molecule has 0 amide bonds. The van der Waals surface area contributed by atoms with Crippen molar-refractivity contribution < 1.29 is 0 Å². The van der Waals surface area contributed by atoms with Gasteiger partial charge < -0.3 is 9.80 Å². The molecule has 0 heterocycles. The number of hydrogen-bond acceptors (Lipinski definition) is 2. The molecule has 0 saturated carbocycles. The average molecular weight is 164 g/mol. The minimum atomic E-state index is 0.472. The summed E-state index contributed by atoms with van der Waals surface area (Å²) in [6.07, 6.45) is 0. The molecule has 0 fully saturated rings. The highest BCUT2D eigenvalue weighted by Crippen LogP contribution is 1.90. The minimum absolute atomic E-state index is 0.472. The van der Waals surface area contributed by atoms with Gasteiger partial charge in [-0.3, -0.25) is 0 Å². The Hall–Kier alpha value is -0.0800. The molecule has 66 valence electrons. The van der Waals surface area contributed by atoms with Gasteiger partial charge in [-0.2, -0.15) is 0 Å². The van der Waals surface area contributed by atoms with Crippen LogP contribution in [0, 0.1) is 27.7 Å². The summed E-state index contributed by atoms with van der Waals surface area (Å²) in [7, 11) is 0. The molecule has 0 aromatic carbocycles. The van der Waals surface area contributed by atoms with E-state index in [1.807, 2.05) is 9.80 Å². The van der Waals surface area contributed by atoms with Crippen molar-refractivity contribution >= 4 is 0 Å². The van der Waals surface area contributed by atoms with Crippen molar-refractivity contribution in [1.29, 1.82) is 0 Å². The first-order chi connectivity index (χ1) is 5.78. The Labute approximate surface area is 77.5 Å². The first kappa shape index (κ1) is 11.9. The molecular weight excluding hydrogens is 148 g/mol. The van der Waals surface area contributed by atoms with Crippen molar-refractivity contribution in [3.63, 3.8) is 0 Å². The summed E-state index contributed by atoms with van der Waals surface area (Å²) in [4.78, 5) is 3.83. The maximum absolute atomic E-state index is 5.42. The van der Waals surface area contributed by atoms with Crippen LogP contribution in [0.25, 0.3) is 0 Å². The van der Waals surface area contributed by atoms with Crippen LogP contribution in [-0.2, 0) is 0 Å². The van der Waals surface area contributed by atoms with Gasteiger partial charge in [0, 0.05) is 39.3 Å². The largest absolute Gasteiger partial charge is 0.301 e. The van der Waals surface area contributed by atoms with Crippen LogP contribution >= 0.6 is 0 Å². The molecule has 0 aromatic rings. The zero-order chi connectivity index (χ0) is 9.40. The topological polar surface area (TPSA) is 6.48 Å². The molecule has 0 rings (SSSR count). The lowest BCUT2D eigenvalue weighted by atomic mass is 10.4. The summed E-state index contributed by atoms with van der Waals surface area (Å²) in [5.74, 6) is 0. The summed E-state index contributed by atoms with van der Waals surface area (Å²) in [6, 6.07) is 0. The molecule has 0 N–H and O–H groups in total. The summed E-state index contributed by atoms with van der Waals surface area (Å²) in [6.45, 7) is 25.2. The fourth-order valence-electron chi connectivity index (χ4n) is 0.797. The molecule has 0 aromatic heterocycles. The van der Waals surface area contributed by atoms with Gasteiger partial charge in [-0.15, -0.1) is 0 Å². The predicted octanol–water partition coefficient (Wildman–Crippen LogP) is 0.435. The van der Waals surface area contributed by atoms with Crippen LogP contribution in [0.4, 0.5) is 0 Å². The smallest absolute Gasteiger partial charge is 0.0110 e. The molecule has 0 unspecified atom stereocenters. The summed E-state index contributed by atoms with van der Waals surface area (Å²) in [5.41, 5.74) is 0. The molecule has 2 nitrogen and oxygen atoms in total. The zero-order valence-corrected chi connectivity index (χ0v) is 7.45. The van der Waals surface area contributed by atoms with Crippen LogP contribution in [-0.4, -0.2) is 49.1 Å². The van der Waals surface area contributed by atoms with Gasteiger partial charge in [0.05, 0.1) is 0 Å². The molecule has 8 radical (unpaired) electrons. The second-order valence-corrected chi connectivity index (χ2v) is 2.52. The average Bonchev–Trinajstić information content (AvgIpc) is 2.13. The van der Waals surface area contributed by atoms with Gasteiger partial charge in [-0.1, -0.05) is 0 Å². The van der Waals surface area contributed by atoms with Gasteiger partial charge >= 0.3 is 0 Å². The van der Waals surface area contributed by atoms with E-state index in [4.69, 9.17) is 27.7 Å². The van der Waals surface area contributed by atoms with Gasteiger partial charge in [-0.05, 0) is 27.7 Å². The van der Waals surface area contributed by atoms with E-state index in [1.165, 1.54) is 0 Å². The molecule has 0 atom stereocenters. The third-order valence-electron chi connectivity index (χ3n) is 1.77. The summed E-state index contributed by atoms with van der Waals surface area (Å²) >= 11 is 0. The number of rotatable bonds is 7. The monoisotopic (exact) mass is 164 g/mol.